The second-order valence-electron chi connectivity index (χ2n) is 23.0. The van der Waals surface area contributed by atoms with E-state index < -0.39 is 6.29 Å². The number of unbranched alkanes of at least 4 members (excludes halogenated alkanes) is 48. The summed E-state index contributed by atoms with van der Waals surface area (Å²) in [5.41, 5.74) is 0. The Morgan fingerprint density at radius 2 is 0.468 bits per heavy atom. The first kappa shape index (κ1) is 74.3. The van der Waals surface area contributed by atoms with E-state index in [4.69, 9.17) is 23.7 Å². The Hall–Kier alpha value is -2.65. The van der Waals surface area contributed by atoms with E-state index >= 15 is 0 Å². The van der Waals surface area contributed by atoms with Gasteiger partial charge in [-0.05, 0) is 44.9 Å². The van der Waals surface area contributed by atoms with Crippen molar-refractivity contribution in [3.05, 3.63) is 0 Å². The molecule has 0 aromatic rings. The summed E-state index contributed by atoms with van der Waals surface area (Å²) in [5.74, 6) is -0.603. The maximum atomic E-state index is 12.2. The summed E-state index contributed by atoms with van der Waals surface area (Å²) >= 11 is 0. The van der Waals surface area contributed by atoms with Crippen LogP contribution in [0.4, 0.5) is 0 Å². The highest BCUT2D eigenvalue weighted by Gasteiger charge is 2.14. The molecule has 0 bridgehead atoms. The maximum Gasteiger partial charge on any atom is 0.308 e. The summed E-state index contributed by atoms with van der Waals surface area (Å²) in [6.07, 6.45) is 64.4. The molecule has 454 valence electrons. The molecule has 0 rings (SSSR count). The molecule has 77 heavy (non-hydrogen) atoms. The van der Waals surface area contributed by atoms with Crippen LogP contribution in [0.25, 0.3) is 0 Å². The van der Waals surface area contributed by atoms with E-state index in [2.05, 4.69) is 6.92 Å². The van der Waals surface area contributed by atoms with Gasteiger partial charge in [-0.25, -0.2) is 0 Å². The standard InChI is InChI=1S/C67H126O10/c1-3-4-5-6-7-8-9-13-20-27-34-41-48-55-64(69)74-60-53-46-39-32-25-18-11-14-21-28-35-42-49-56-65(70)75-61-54-47-40-33-26-19-12-16-23-30-37-44-51-58-67(72)77-63(2)76-66(71)57-50-43-36-29-22-15-10-17-24-31-38-45-52-59-73-62-68/h62-63H,3-61H2,1-2H3. The first-order valence-corrected chi connectivity index (χ1v) is 33.6. The average molecular weight is 1090 g/mol. The summed E-state index contributed by atoms with van der Waals surface area (Å²) in [7, 11) is 0. The van der Waals surface area contributed by atoms with Gasteiger partial charge in [0.25, 0.3) is 6.47 Å². The van der Waals surface area contributed by atoms with Crippen molar-refractivity contribution in [1.82, 2.24) is 0 Å². The number of carbonyl (C=O) groups excluding carboxylic acids is 5. The average Bonchev–Trinajstić information content (AvgIpc) is 3.41. The third-order valence-corrected chi connectivity index (χ3v) is 15.4. The van der Waals surface area contributed by atoms with Crippen molar-refractivity contribution in [2.45, 2.75) is 380 Å². The minimum Gasteiger partial charge on any atom is -0.468 e. The Balaban J connectivity index is 3.34. The minimum atomic E-state index is -0.827. The molecule has 1 unspecified atom stereocenters. The quantitative estimate of drug-likeness (QED) is 0.0191. The summed E-state index contributed by atoms with van der Waals surface area (Å²) in [4.78, 5) is 58.7. The predicted molar refractivity (Wildman–Crippen MR) is 320 cm³/mol. The van der Waals surface area contributed by atoms with Crippen molar-refractivity contribution < 1.29 is 47.7 Å². The van der Waals surface area contributed by atoms with E-state index in [1.54, 1.807) is 6.92 Å². The number of rotatable bonds is 65. The van der Waals surface area contributed by atoms with Crippen molar-refractivity contribution in [1.29, 1.82) is 0 Å². The molecule has 0 spiro atoms. The molecule has 0 aromatic heterocycles. The van der Waals surface area contributed by atoms with Gasteiger partial charge in [-0.15, -0.1) is 0 Å². The lowest BCUT2D eigenvalue weighted by molar-refractivity contribution is -0.184. The molecule has 0 radical (unpaired) electrons. The Morgan fingerprint density at radius 3 is 0.701 bits per heavy atom. The smallest absolute Gasteiger partial charge is 0.308 e. The van der Waals surface area contributed by atoms with Gasteiger partial charge in [0, 0.05) is 32.6 Å². The molecule has 0 aliphatic carbocycles. The summed E-state index contributed by atoms with van der Waals surface area (Å²) in [6.45, 7) is 6.14. The molecule has 0 amide bonds. The molecule has 0 saturated carbocycles. The Bertz CT molecular complexity index is 1260. The van der Waals surface area contributed by atoms with Crippen molar-refractivity contribution in [3.8, 4) is 0 Å². The largest absolute Gasteiger partial charge is 0.468 e. The fourth-order valence-corrected chi connectivity index (χ4v) is 10.4. The first-order chi connectivity index (χ1) is 37.9. The van der Waals surface area contributed by atoms with Crippen LogP contribution in [0.5, 0.6) is 0 Å². The topological polar surface area (TPSA) is 132 Å². The van der Waals surface area contributed by atoms with E-state index in [0.717, 1.165) is 103 Å². The van der Waals surface area contributed by atoms with Crippen molar-refractivity contribution >= 4 is 30.3 Å². The number of hydrogen-bond acceptors (Lipinski definition) is 10. The molecule has 0 fully saturated rings. The molecule has 1 atom stereocenters. The SMILES string of the molecule is CCCCCCCCCCCCCCCC(=O)OCCCCCCCCCCCCCCCC(=O)OCCCCCCCCCCCCCCCC(=O)OC(C)OC(=O)CCCCCCCCCCCCCCCOC=O. The van der Waals surface area contributed by atoms with Gasteiger partial charge in [0.1, 0.15) is 0 Å². The van der Waals surface area contributed by atoms with Gasteiger partial charge in [-0.3, -0.25) is 24.0 Å². The van der Waals surface area contributed by atoms with Gasteiger partial charge in [0.05, 0.1) is 19.8 Å². The zero-order valence-corrected chi connectivity index (χ0v) is 51.0. The lowest BCUT2D eigenvalue weighted by Crippen LogP contribution is -2.21. The van der Waals surface area contributed by atoms with Crippen LogP contribution in [0.15, 0.2) is 0 Å². The van der Waals surface area contributed by atoms with Crippen LogP contribution in [-0.4, -0.2) is 56.5 Å². The highest BCUT2D eigenvalue weighted by atomic mass is 16.7. The van der Waals surface area contributed by atoms with Crippen LogP contribution in [0.3, 0.4) is 0 Å². The third kappa shape index (κ3) is 64.1. The van der Waals surface area contributed by atoms with Crippen LogP contribution in [0.2, 0.25) is 0 Å². The van der Waals surface area contributed by atoms with E-state index in [-0.39, 0.29) is 23.9 Å². The summed E-state index contributed by atoms with van der Waals surface area (Å²) in [6, 6.07) is 0. The van der Waals surface area contributed by atoms with E-state index in [1.807, 2.05) is 0 Å². The highest BCUT2D eigenvalue weighted by Crippen LogP contribution is 2.18. The summed E-state index contributed by atoms with van der Waals surface area (Å²) < 4.78 is 26.3. The van der Waals surface area contributed by atoms with Crippen LogP contribution in [0.1, 0.15) is 373 Å². The monoisotopic (exact) mass is 1090 g/mol. The molecule has 0 aromatic carbocycles. The fourth-order valence-electron chi connectivity index (χ4n) is 10.4. The van der Waals surface area contributed by atoms with Crippen molar-refractivity contribution in [2.75, 3.05) is 19.8 Å². The molecule has 0 heterocycles. The van der Waals surface area contributed by atoms with E-state index in [9.17, 15) is 24.0 Å². The van der Waals surface area contributed by atoms with Crippen LogP contribution < -0.4 is 0 Å². The van der Waals surface area contributed by atoms with Gasteiger partial charge in [-0.1, -0.05) is 296 Å². The van der Waals surface area contributed by atoms with Gasteiger partial charge < -0.3 is 23.7 Å². The number of hydrogen-bond donors (Lipinski definition) is 0. The summed E-state index contributed by atoms with van der Waals surface area (Å²) in [5, 5.41) is 0. The molecule has 10 nitrogen and oxygen atoms in total. The second kappa shape index (κ2) is 64.2. The molecule has 0 N–H and O–H groups in total. The molecule has 0 saturated heterocycles. The number of esters is 4. The molecular weight excluding hydrogens is 965 g/mol. The lowest BCUT2D eigenvalue weighted by Gasteiger charge is -2.14. The zero-order chi connectivity index (χ0) is 55.8. The van der Waals surface area contributed by atoms with Crippen LogP contribution >= 0.6 is 0 Å². The van der Waals surface area contributed by atoms with Crippen LogP contribution in [-0.2, 0) is 47.7 Å². The van der Waals surface area contributed by atoms with Crippen LogP contribution in [0, 0.1) is 0 Å². The number of carbonyl (C=O) groups is 5. The van der Waals surface area contributed by atoms with Crippen molar-refractivity contribution in [3.63, 3.8) is 0 Å². The van der Waals surface area contributed by atoms with E-state index in [0.29, 0.717) is 52.0 Å². The Labute approximate surface area is 475 Å². The molecule has 0 aliphatic heterocycles. The zero-order valence-electron chi connectivity index (χ0n) is 51.0. The number of ether oxygens (including phenoxy) is 5. The van der Waals surface area contributed by atoms with Crippen molar-refractivity contribution in [2.24, 2.45) is 0 Å². The maximum absolute atomic E-state index is 12.2. The minimum absolute atomic E-state index is 0.000711. The second-order valence-corrected chi connectivity index (χ2v) is 23.0. The Kier molecular flexibility index (Phi) is 62.0. The van der Waals surface area contributed by atoms with Gasteiger partial charge in [0.2, 0.25) is 6.29 Å². The predicted octanol–water partition coefficient (Wildman–Crippen LogP) is 20.5. The Morgan fingerprint density at radius 1 is 0.273 bits per heavy atom. The molecular formula is C67H126O10. The highest BCUT2D eigenvalue weighted by molar-refractivity contribution is 5.71. The lowest BCUT2D eigenvalue weighted by atomic mass is 10.0. The molecule has 0 aliphatic rings. The normalized spacial score (nSPS) is 11.7. The van der Waals surface area contributed by atoms with E-state index in [1.165, 1.54) is 231 Å². The van der Waals surface area contributed by atoms with Gasteiger partial charge in [-0.2, -0.15) is 0 Å². The van der Waals surface area contributed by atoms with Gasteiger partial charge >= 0.3 is 23.9 Å². The molecule has 10 heteroatoms. The fraction of sp³-hybridized carbons (Fsp3) is 0.925. The van der Waals surface area contributed by atoms with Gasteiger partial charge in [0.15, 0.2) is 0 Å². The first-order valence-electron chi connectivity index (χ1n) is 33.6. The third-order valence-electron chi connectivity index (χ3n) is 15.4.